The minimum Gasteiger partial charge on any atom is -0.485 e. The van der Waals surface area contributed by atoms with E-state index in [0.29, 0.717) is 26.5 Å². The number of amides is 1. The summed E-state index contributed by atoms with van der Waals surface area (Å²) in [6.45, 7) is 2.15. The smallest absolute Gasteiger partial charge is 0.271 e. The standard InChI is InChI=1S/C19H16Cl2N2O2S/c1-12(13-5-3-2-4-6-13)22-19(24)16-11-26-18(23-16)10-25-17-9-14(20)7-8-15(17)21/h2-9,11-12H,10H2,1H3,(H,22,24). The van der Waals surface area contributed by atoms with Crippen LogP contribution in [0.15, 0.2) is 53.9 Å². The largest absolute Gasteiger partial charge is 0.485 e. The van der Waals surface area contributed by atoms with Gasteiger partial charge in [-0.1, -0.05) is 53.5 Å². The molecule has 0 aliphatic carbocycles. The molecule has 3 rings (SSSR count). The Kier molecular flexibility index (Phi) is 6.14. The maximum atomic E-state index is 12.4. The van der Waals surface area contributed by atoms with Gasteiger partial charge in [-0.15, -0.1) is 11.3 Å². The molecule has 134 valence electrons. The predicted octanol–water partition coefficient (Wildman–Crippen LogP) is 5.52. The molecule has 0 saturated heterocycles. The average molecular weight is 407 g/mol. The lowest BCUT2D eigenvalue weighted by molar-refractivity contribution is 0.0935. The molecule has 1 unspecified atom stereocenters. The second-order valence-corrected chi connectivity index (χ2v) is 7.38. The topological polar surface area (TPSA) is 51.2 Å². The van der Waals surface area contributed by atoms with Crippen LogP contribution in [0.2, 0.25) is 10.0 Å². The third-order valence-corrected chi connectivity index (χ3v) is 5.05. The van der Waals surface area contributed by atoms with E-state index in [-0.39, 0.29) is 18.6 Å². The lowest BCUT2D eigenvalue weighted by Crippen LogP contribution is -2.26. The first kappa shape index (κ1) is 18.7. The quantitative estimate of drug-likeness (QED) is 0.586. The van der Waals surface area contributed by atoms with Gasteiger partial charge in [0.15, 0.2) is 0 Å². The summed E-state index contributed by atoms with van der Waals surface area (Å²) in [6.07, 6.45) is 0. The molecule has 1 heterocycles. The number of hydrogen-bond donors (Lipinski definition) is 1. The van der Waals surface area contributed by atoms with E-state index >= 15 is 0 Å². The first-order chi connectivity index (χ1) is 12.5. The molecule has 0 spiro atoms. The molecule has 0 saturated carbocycles. The molecule has 1 amide bonds. The Morgan fingerprint density at radius 1 is 1.23 bits per heavy atom. The number of nitrogens with zero attached hydrogens (tertiary/aromatic N) is 1. The Morgan fingerprint density at radius 3 is 2.77 bits per heavy atom. The Hall–Kier alpha value is -2.08. The van der Waals surface area contributed by atoms with Crippen LogP contribution < -0.4 is 10.1 Å². The maximum absolute atomic E-state index is 12.4. The van der Waals surface area contributed by atoms with E-state index in [4.69, 9.17) is 27.9 Å². The predicted molar refractivity (Wildman–Crippen MR) is 105 cm³/mol. The van der Waals surface area contributed by atoms with Crippen molar-refractivity contribution in [3.63, 3.8) is 0 Å². The van der Waals surface area contributed by atoms with Crippen LogP contribution in [0.5, 0.6) is 5.75 Å². The van der Waals surface area contributed by atoms with Crippen molar-refractivity contribution in [1.82, 2.24) is 10.3 Å². The highest BCUT2D eigenvalue weighted by Crippen LogP contribution is 2.28. The number of hydrogen-bond acceptors (Lipinski definition) is 4. The highest BCUT2D eigenvalue weighted by molar-refractivity contribution is 7.09. The van der Waals surface area contributed by atoms with Crippen molar-refractivity contribution in [1.29, 1.82) is 0 Å². The normalized spacial score (nSPS) is 11.8. The fourth-order valence-electron chi connectivity index (χ4n) is 2.30. The molecular formula is C19H16Cl2N2O2S. The molecule has 0 fully saturated rings. The number of aromatic nitrogens is 1. The van der Waals surface area contributed by atoms with E-state index in [0.717, 1.165) is 5.56 Å². The number of halogens is 2. The highest BCUT2D eigenvalue weighted by atomic mass is 35.5. The molecule has 0 aliphatic heterocycles. The molecular weight excluding hydrogens is 391 g/mol. The fourth-order valence-corrected chi connectivity index (χ4v) is 3.32. The van der Waals surface area contributed by atoms with Crippen LogP contribution in [0.3, 0.4) is 0 Å². The van der Waals surface area contributed by atoms with Gasteiger partial charge in [-0.25, -0.2) is 4.98 Å². The number of carbonyl (C=O) groups excluding carboxylic acids is 1. The lowest BCUT2D eigenvalue weighted by atomic mass is 10.1. The van der Waals surface area contributed by atoms with Gasteiger partial charge in [-0.05, 0) is 24.6 Å². The third kappa shape index (κ3) is 4.75. The maximum Gasteiger partial charge on any atom is 0.271 e. The minimum atomic E-state index is -0.218. The summed E-state index contributed by atoms with van der Waals surface area (Å²) in [4.78, 5) is 16.7. The van der Waals surface area contributed by atoms with Crippen LogP contribution in [-0.2, 0) is 6.61 Å². The van der Waals surface area contributed by atoms with Crippen molar-refractivity contribution in [3.8, 4) is 5.75 Å². The van der Waals surface area contributed by atoms with Gasteiger partial charge in [-0.3, -0.25) is 4.79 Å². The van der Waals surface area contributed by atoms with Gasteiger partial charge in [0.1, 0.15) is 23.1 Å². The fraction of sp³-hybridized carbons (Fsp3) is 0.158. The van der Waals surface area contributed by atoms with Gasteiger partial charge in [0.05, 0.1) is 11.1 Å². The molecule has 2 aromatic carbocycles. The molecule has 1 atom stereocenters. The van der Waals surface area contributed by atoms with Gasteiger partial charge in [-0.2, -0.15) is 0 Å². The number of nitrogens with one attached hydrogen (secondary N) is 1. The number of rotatable bonds is 6. The van der Waals surface area contributed by atoms with Crippen molar-refractivity contribution in [2.75, 3.05) is 0 Å². The van der Waals surface area contributed by atoms with Gasteiger partial charge >= 0.3 is 0 Å². The second-order valence-electron chi connectivity index (χ2n) is 5.60. The first-order valence-electron chi connectivity index (χ1n) is 7.91. The number of benzene rings is 2. The van der Waals surface area contributed by atoms with Gasteiger partial charge in [0, 0.05) is 16.5 Å². The average Bonchev–Trinajstić information content (AvgIpc) is 3.12. The van der Waals surface area contributed by atoms with Crippen molar-refractivity contribution in [3.05, 3.63) is 80.2 Å². The van der Waals surface area contributed by atoms with Crippen LogP contribution in [0.1, 0.15) is 34.0 Å². The van der Waals surface area contributed by atoms with Crippen LogP contribution >= 0.6 is 34.5 Å². The summed E-state index contributed by atoms with van der Waals surface area (Å²) < 4.78 is 5.65. The zero-order chi connectivity index (χ0) is 18.5. The Balaban J connectivity index is 1.60. The lowest BCUT2D eigenvalue weighted by Gasteiger charge is -2.13. The van der Waals surface area contributed by atoms with E-state index < -0.39 is 0 Å². The summed E-state index contributed by atoms with van der Waals surface area (Å²) in [6, 6.07) is 14.7. The van der Waals surface area contributed by atoms with Gasteiger partial charge < -0.3 is 10.1 Å². The zero-order valence-corrected chi connectivity index (χ0v) is 16.2. The molecule has 1 aromatic heterocycles. The number of ether oxygens (including phenoxy) is 1. The van der Waals surface area contributed by atoms with Crippen molar-refractivity contribution in [2.45, 2.75) is 19.6 Å². The van der Waals surface area contributed by atoms with E-state index in [9.17, 15) is 4.79 Å². The molecule has 1 N–H and O–H groups in total. The minimum absolute atomic E-state index is 0.102. The summed E-state index contributed by atoms with van der Waals surface area (Å²) in [5.41, 5.74) is 1.41. The van der Waals surface area contributed by atoms with E-state index in [2.05, 4.69) is 10.3 Å². The van der Waals surface area contributed by atoms with Crippen LogP contribution in [0.4, 0.5) is 0 Å². The molecule has 0 radical (unpaired) electrons. The zero-order valence-electron chi connectivity index (χ0n) is 13.9. The van der Waals surface area contributed by atoms with Crippen LogP contribution in [-0.4, -0.2) is 10.9 Å². The Labute approximate surface area is 165 Å². The van der Waals surface area contributed by atoms with E-state index in [1.54, 1.807) is 23.6 Å². The number of thiazole rings is 1. The summed E-state index contributed by atoms with van der Waals surface area (Å²) in [5.74, 6) is 0.266. The van der Waals surface area contributed by atoms with Crippen molar-refractivity contribution < 1.29 is 9.53 Å². The van der Waals surface area contributed by atoms with E-state index in [1.165, 1.54) is 11.3 Å². The van der Waals surface area contributed by atoms with Gasteiger partial charge in [0.25, 0.3) is 5.91 Å². The van der Waals surface area contributed by atoms with Crippen molar-refractivity contribution in [2.24, 2.45) is 0 Å². The SMILES string of the molecule is CC(NC(=O)c1csc(COc2cc(Cl)ccc2Cl)n1)c1ccccc1. The monoisotopic (exact) mass is 406 g/mol. The molecule has 3 aromatic rings. The highest BCUT2D eigenvalue weighted by Gasteiger charge is 2.15. The molecule has 4 nitrogen and oxygen atoms in total. The van der Waals surface area contributed by atoms with Crippen molar-refractivity contribution >= 4 is 40.4 Å². The molecule has 7 heteroatoms. The van der Waals surface area contributed by atoms with Crippen LogP contribution in [0.25, 0.3) is 0 Å². The molecule has 26 heavy (non-hydrogen) atoms. The second kappa shape index (κ2) is 8.54. The first-order valence-corrected chi connectivity index (χ1v) is 9.54. The summed E-state index contributed by atoms with van der Waals surface area (Å²) in [7, 11) is 0. The van der Waals surface area contributed by atoms with E-state index in [1.807, 2.05) is 37.3 Å². The molecule has 0 bridgehead atoms. The summed E-state index contributed by atoms with van der Waals surface area (Å²) >= 11 is 13.4. The summed E-state index contributed by atoms with van der Waals surface area (Å²) in [5, 5.41) is 6.35. The van der Waals surface area contributed by atoms with Gasteiger partial charge in [0.2, 0.25) is 0 Å². The Bertz CT molecular complexity index is 900. The third-order valence-electron chi connectivity index (χ3n) is 3.68. The number of carbonyl (C=O) groups is 1. The molecule has 0 aliphatic rings. The Morgan fingerprint density at radius 2 is 2.00 bits per heavy atom. The van der Waals surface area contributed by atoms with Crippen LogP contribution in [0, 0.1) is 0 Å².